The molecule has 0 radical (unpaired) electrons. The van der Waals surface area contributed by atoms with Gasteiger partial charge in [0.1, 0.15) is 18.1 Å². The number of carbonyl (C=O) groups is 2. The first-order valence-corrected chi connectivity index (χ1v) is 11.6. The number of piperidine rings is 1. The molecule has 178 valence electrons. The van der Waals surface area contributed by atoms with Crippen LogP contribution in [0.1, 0.15) is 24.0 Å². The summed E-state index contributed by atoms with van der Waals surface area (Å²) in [7, 11) is 0. The summed E-state index contributed by atoms with van der Waals surface area (Å²) in [5.74, 6) is -0.150. The number of likely N-dealkylation sites (tertiary alicyclic amines) is 1. The molecule has 6 rings (SSSR count). The van der Waals surface area contributed by atoms with Crippen molar-refractivity contribution < 1.29 is 19.4 Å². The number of nitrogens with zero attached hydrogens (tertiary/aromatic N) is 5. The molecule has 2 aliphatic heterocycles. The number of rotatable bonds is 5. The molecule has 11 heteroatoms. The first kappa shape index (κ1) is 21.8. The predicted molar refractivity (Wildman–Crippen MR) is 123 cm³/mol. The molecule has 10 nitrogen and oxygen atoms in total. The van der Waals surface area contributed by atoms with E-state index in [1.807, 2.05) is 0 Å². The molecule has 4 atom stereocenters. The number of nitrogens with one attached hydrogen (secondary N) is 1. The van der Waals surface area contributed by atoms with Crippen molar-refractivity contribution in [1.29, 1.82) is 0 Å². The van der Waals surface area contributed by atoms with Gasteiger partial charge in [-0.25, -0.2) is 4.68 Å². The van der Waals surface area contributed by atoms with E-state index in [1.165, 1.54) is 23.3 Å². The molecule has 3 aliphatic rings. The van der Waals surface area contributed by atoms with Crippen LogP contribution in [-0.4, -0.2) is 54.1 Å². The molecule has 2 N–H and O–H groups in total. The number of fused-ring (bicyclic) bond motifs is 2. The zero-order valence-electron chi connectivity index (χ0n) is 18.4. The standard InChI is InChI=1S/C24H21ClN6O4/c25-16-5-6-18(30-13-27-28-29-30)15(9-16)12-26-22(32)20-11-14-10-19(14)31(20)23(33)24(34)7-8-35-21-4-2-1-3-17(21)24/h1-9,13-14,19-20,34H,10-12H2,(H,26,32)/t14-,19-,20-,24?/m0/s1. The van der Waals surface area contributed by atoms with Crippen molar-refractivity contribution in [3.63, 3.8) is 0 Å². The van der Waals surface area contributed by atoms with E-state index < -0.39 is 17.6 Å². The van der Waals surface area contributed by atoms with Crippen molar-refractivity contribution in [3.05, 3.63) is 77.3 Å². The zero-order chi connectivity index (χ0) is 24.2. The molecule has 1 unspecified atom stereocenters. The Morgan fingerprint density at radius 2 is 2.09 bits per heavy atom. The second-order valence-electron chi connectivity index (χ2n) is 8.96. The molecular weight excluding hydrogens is 472 g/mol. The summed E-state index contributed by atoms with van der Waals surface area (Å²) < 4.78 is 6.95. The highest BCUT2D eigenvalue weighted by molar-refractivity contribution is 6.30. The Morgan fingerprint density at radius 3 is 2.91 bits per heavy atom. The van der Waals surface area contributed by atoms with E-state index >= 15 is 0 Å². The normalized spacial score (nSPS) is 26.0. The van der Waals surface area contributed by atoms with Crippen LogP contribution in [-0.2, 0) is 21.7 Å². The number of hydrogen-bond acceptors (Lipinski definition) is 7. The van der Waals surface area contributed by atoms with E-state index in [0.29, 0.717) is 28.4 Å². The lowest BCUT2D eigenvalue weighted by Crippen LogP contribution is -2.54. The quantitative estimate of drug-likeness (QED) is 0.556. The third-order valence-electron chi connectivity index (χ3n) is 6.86. The molecule has 35 heavy (non-hydrogen) atoms. The first-order chi connectivity index (χ1) is 17.0. The van der Waals surface area contributed by atoms with Crippen molar-refractivity contribution in [2.45, 2.75) is 37.1 Å². The SMILES string of the molecule is O=C(NCc1cc(Cl)ccc1-n1cnnn1)[C@@H]1C[C@@H]2C[C@@H]2N1C(=O)C1(O)C=COc2ccccc21. The highest BCUT2D eigenvalue weighted by atomic mass is 35.5. The molecule has 3 aromatic rings. The Morgan fingerprint density at radius 1 is 1.23 bits per heavy atom. The van der Waals surface area contributed by atoms with Gasteiger partial charge in [-0.3, -0.25) is 9.59 Å². The van der Waals surface area contributed by atoms with E-state index in [-0.39, 0.29) is 24.4 Å². The average molecular weight is 493 g/mol. The fourth-order valence-corrected chi connectivity index (χ4v) is 5.23. The first-order valence-electron chi connectivity index (χ1n) is 11.2. The van der Waals surface area contributed by atoms with Gasteiger partial charge in [0.25, 0.3) is 5.91 Å². The van der Waals surface area contributed by atoms with Crippen molar-refractivity contribution in [1.82, 2.24) is 30.4 Å². The highest BCUT2D eigenvalue weighted by Crippen LogP contribution is 2.50. The van der Waals surface area contributed by atoms with Crippen LogP contribution in [0.25, 0.3) is 5.69 Å². The van der Waals surface area contributed by atoms with Crippen LogP contribution in [0.4, 0.5) is 0 Å². The molecule has 1 saturated heterocycles. The van der Waals surface area contributed by atoms with E-state index in [2.05, 4.69) is 20.8 Å². The lowest BCUT2D eigenvalue weighted by Gasteiger charge is -2.35. The molecular formula is C24H21ClN6O4. The molecule has 1 saturated carbocycles. The van der Waals surface area contributed by atoms with Gasteiger partial charge in [0, 0.05) is 23.2 Å². The number of para-hydroxylation sites is 1. The number of carbonyl (C=O) groups excluding carboxylic acids is 2. The lowest BCUT2D eigenvalue weighted by atomic mass is 9.89. The molecule has 1 aliphatic carbocycles. The van der Waals surface area contributed by atoms with Gasteiger partial charge in [0.15, 0.2) is 5.60 Å². The van der Waals surface area contributed by atoms with Crippen LogP contribution in [0.3, 0.4) is 0 Å². The van der Waals surface area contributed by atoms with Crippen LogP contribution in [0.15, 0.2) is 61.1 Å². The maximum absolute atomic E-state index is 13.7. The number of hydrogen-bond donors (Lipinski definition) is 2. The van der Waals surface area contributed by atoms with Crippen LogP contribution < -0.4 is 10.1 Å². The van der Waals surface area contributed by atoms with E-state index in [9.17, 15) is 14.7 Å². The Hall–Kier alpha value is -3.76. The maximum Gasteiger partial charge on any atom is 0.264 e. The smallest absolute Gasteiger partial charge is 0.264 e. The Balaban J connectivity index is 1.23. The minimum Gasteiger partial charge on any atom is -0.465 e. The minimum absolute atomic E-state index is 0.0614. The zero-order valence-corrected chi connectivity index (χ0v) is 19.2. The van der Waals surface area contributed by atoms with Crippen LogP contribution >= 0.6 is 11.6 Å². The van der Waals surface area contributed by atoms with Gasteiger partial charge in [-0.2, -0.15) is 0 Å². The molecule has 2 aromatic carbocycles. The van der Waals surface area contributed by atoms with E-state index in [1.54, 1.807) is 47.4 Å². The predicted octanol–water partition coefficient (Wildman–Crippen LogP) is 1.72. The van der Waals surface area contributed by atoms with E-state index in [0.717, 1.165) is 12.0 Å². The minimum atomic E-state index is -1.90. The number of benzene rings is 2. The molecule has 2 fully saturated rings. The Labute approximate surface area is 205 Å². The summed E-state index contributed by atoms with van der Waals surface area (Å²) in [5, 5.41) is 26.1. The van der Waals surface area contributed by atoms with Crippen molar-refractivity contribution >= 4 is 23.4 Å². The molecule has 1 aromatic heterocycles. The summed E-state index contributed by atoms with van der Waals surface area (Å²) in [6, 6.07) is 11.3. The fraction of sp³-hybridized carbons (Fsp3) is 0.292. The van der Waals surface area contributed by atoms with Gasteiger partial charge in [0.05, 0.1) is 11.9 Å². The van der Waals surface area contributed by atoms with Crippen LogP contribution in [0, 0.1) is 5.92 Å². The maximum atomic E-state index is 13.7. The van der Waals surface area contributed by atoms with Crippen LogP contribution in [0.2, 0.25) is 5.02 Å². The monoisotopic (exact) mass is 492 g/mol. The number of ether oxygens (including phenoxy) is 1. The molecule has 0 spiro atoms. The number of aromatic nitrogens is 4. The summed E-state index contributed by atoms with van der Waals surface area (Å²) in [6.45, 7) is 0.170. The fourth-order valence-electron chi connectivity index (χ4n) is 5.04. The van der Waals surface area contributed by atoms with Crippen molar-refractivity contribution in [2.75, 3.05) is 0 Å². The number of halogens is 1. The lowest BCUT2D eigenvalue weighted by molar-refractivity contribution is -0.153. The van der Waals surface area contributed by atoms with Crippen molar-refractivity contribution in [3.8, 4) is 11.4 Å². The van der Waals surface area contributed by atoms with Gasteiger partial charge < -0.3 is 20.1 Å². The third kappa shape index (κ3) is 3.65. The topological polar surface area (TPSA) is 122 Å². The van der Waals surface area contributed by atoms with E-state index in [4.69, 9.17) is 16.3 Å². The largest absolute Gasteiger partial charge is 0.465 e. The number of aliphatic hydroxyl groups is 1. The number of tetrazole rings is 1. The number of amides is 2. The Kier molecular flexibility index (Phi) is 5.08. The van der Waals surface area contributed by atoms with Gasteiger partial charge >= 0.3 is 0 Å². The second kappa shape index (κ2) is 8.17. The molecule has 3 heterocycles. The van der Waals surface area contributed by atoms with Crippen molar-refractivity contribution in [2.24, 2.45) is 5.92 Å². The Bertz CT molecular complexity index is 1350. The third-order valence-corrected chi connectivity index (χ3v) is 7.10. The van der Waals surface area contributed by atoms with Gasteiger partial charge in [-0.15, -0.1) is 5.10 Å². The van der Waals surface area contributed by atoms with Gasteiger partial charge in [-0.1, -0.05) is 29.8 Å². The van der Waals surface area contributed by atoms with Gasteiger partial charge in [0.2, 0.25) is 5.91 Å². The average Bonchev–Trinajstić information content (AvgIpc) is 3.25. The summed E-state index contributed by atoms with van der Waals surface area (Å²) in [4.78, 5) is 28.6. The molecule has 0 bridgehead atoms. The molecule has 2 amide bonds. The summed E-state index contributed by atoms with van der Waals surface area (Å²) in [6.07, 6.45) is 5.49. The highest BCUT2D eigenvalue weighted by Gasteiger charge is 2.59. The summed E-state index contributed by atoms with van der Waals surface area (Å²) >= 11 is 6.18. The summed E-state index contributed by atoms with van der Waals surface area (Å²) in [5.41, 5.74) is -0.134. The van der Waals surface area contributed by atoms with Crippen LogP contribution in [0.5, 0.6) is 5.75 Å². The second-order valence-corrected chi connectivity index (χ2v) is 9.39. The van der Waals surface area contributed by atoms with Gasteiger partial charge in [-0.05, 0) is 65.1 Å².